The lowest BCUT2D eigenvalue weighted by molar-refractivity contribution is -0.146. The Morgan fingerprint density at radius 2 is 2.23 bits per heavy atom. The van der Waals surface area contributed by atoms with E-state index in [4.69, 9.17) is 9.47 Å². The molecule has 3 rings (SSSR count). The molecule has 1 aromatic carbocycles. The number of nitrogens with zero attached hydrogens (tertiary/aromatic N) is 2. The first kappa shape index (κ1) is 18.4. The van der Waals surface area contributed by atoms with Crippen molar-refractivity contribution in [1.29, 1.82) is 0 Å². The van der Waals surface area contributed by atoms with Gasteiger partial charge in [-0.15, -0.1) is 11.3 Å². The molecule has 1 aliphatic heterocycles. The zero-order chi connectivity index (χ0) is 18.7. The van der Waals surface area contributed by atoms with Crippen LogP contribution >= 0.6 is 11.3 Å². The first-order chi connectivity index (χ1) is 12.5. The second-order valence-corrected chi connectivity index (χ2v) is 7.31. The summed E-state index contributed by atoms with van der Waals surface area (Å²) >= 11 is 1.63. The first-order valence-corrected chi connectivity index (χ1v) is 9.57. The Balaban J connectivity index is 1.89. The predicted octanol–water partition coefficient (Wildman–Crippen LogP) is 3.44. The average molecular weight is 374 g/mol. The molecule has 0 fully saturated rings. The van der Waals surface area contributed by atoms with Crippen molar-refractivity contribution in [2.45, 2.75) is 39.7 Å². The van der Waals surface area contributed by atoms with Crippen LogP contribution < -0.4 is 9.64 Å². The molecule has 0 atom stereocenters. The van der Waals surface area contributed by atoms with Crippen LogP contribution in [0.4, 0.5) is 5.69 Å². The van der Waals surface area contributed by atoms with E-state index < -0.39 is 5.97 Å². The molecule has 2 heterocycles. The molecule has 0 saturated carbocycles. The standard InChI is InChI=1S/C19H22N2O4S/c1-4-5-17-20-14(11-26-17)13-6-7-16-15(8-13)21(18(22)10-24-16)9-19(23)25-12(2)3/h6-8,11-12H,4-5,9-10H2,1-3H3. The van der Waals surface area contributed by atoms with Gasteiger partial charge in [-0.3, -0.25) is 14.5 Å². The normalized spacial score (nSPS) is 13.5. The fourth-order valence-corrected chi connectivity index (χ4v) is 3.65. The van der Waals surface area contributed by atoms with Crippen molar-refractivity contribution in [3.8, 4) is 17.0 Å². The van der Waals surface area contributed by atoms with Crippen LogP contribution in [-0.4, -0.2) is 36.1 Å². The van der Waals surface area contributed by atoms with Crippen molar-refractivity contribution < 1.29 is 19.1 Å². The third-order valence-electron chi connectivity index (χ3n) is 3.87. The van der Waals surface area contributed by atoms with Gasteiger partial charge in [0.05, 0.1) is 22.5 Å². The molecule has 7 heteroatoms. The number of fused-ring (bicyclic) bond motifs is 1. The summed E-state index contributed by atoms with van der Waals surface area (Å²) < 4.78 is 10.7. The molecule has 1 aromatic heterocycles. The quantitative estimate of drug-likeness (QED) is 0.725. The highest BCUT2D eigenvalue weighted by Crippen LogP contribution is 2.36. The number of carbonyl (C=O) groups is 2. The van der Waals surface area contributed by atoms with Crippen LogP contribution in [0.5, 0.6) is 5.75 Å². The van der Waals surface area contributed by atoms with Crippen molar-refractivity contribution >= 4 is 28.9 Å². The highest BCUT2D eigenvalue weighted by atomic mass is 32.1. The van der Waals surface area contributed by atoms with E-state index in [0.29, 0.717) is 11.4 Å². The van der Waals surface area contributed by atoms with Crippen LogP contribution in [0.2, 0.25) is 0 Å². The molecule has 6 nitrogen and oxygen atoms in total. The number of thiazole rings is 1. The molecular weight excluding hydrogens is 352 g/mol. The maximum Gasteiger partial charge on any atom is 0.326 e. The van der Waals surface area contributed by atoms with E-state index in [-0.39, 0.29) is 25.2 Å². The molecule has 1 amide bonds. The van der Waals surface area contributed by atoms with E-state index in [1.54, 1.807) is 25.2 Å². The van der Waals surface area contributed by atoms with Crippen LogP contribution in [0.3, 0.4) is 0 Å². The number of hydrogen-bond donors (Lipinski definition) is 0. The molecule has 0 unspecified atom stereocenters. The van der Waals surface area contributed by atoms with Gasteiger partial charge in [0.25, 0.3) is 5.91 Å². The number of benzene rings is 1. The molecule has 138 valence electrons. The van der Waals surface area contributed by atoms with Gasteiger partial charge in [-0.2, -0.15) is 0 Å². The molecule has 26 heavy (non-hydrogen) atoms. The number of aromatic nitrogens is 1. The topological polar surface area (TPSA) is 68.7 Å². The van der Waals surface area contributed by atoms with Crippen molar-refractivity contribution in [3.63, 3.8) is 0 Å². The number of aryl methyl sites for hydroxylation is 1. The summed E-state index contributed by atoms with van der Waals surface area (Å²) in [5.41, 5.74) is 2.33. The van der Waals surface area contributed by atoms with Gasteiger partial charge in [0.2, 0.25) is 0 Å². The minimum absolute atomic E-state index is 0.0847. The number of carbonyl (C=O) groups excluding carboxylic acids is 2. The van der Waals surface area contributed by atoms with Crippen LogP contribution in [0, 0.1) is 0 Å². The Labute approximate surface area is 156 Å². The Kier molecular flexibility index (Phi) is 5.56. The van der Waals surface area contributed by atoms with Crippen LogP contribution in [0.1, 0.15) is 32.2 Å². The molecule has 2 aromatic rings. The zero-order valence-corrected chi connectivity index (χ0v) is 16.0. The summed E-state index contributed by atoms with van der Waals surface area (Å²) in [4.78, 5) is 30.4. The number of esters is 1. The Hall–Kier alpha value is -2.41. The van der Waals surface area contributed by atoms with Gasteiger partial charge in [0.15, 0.2) is 6.61 Å². The van der Waals surface area contributed by atoms with E-state index >= 15 is 0 Å². The highest BCUT2D eigenvalue weighted by molar-refractivity contribution is 7.09. The van der Waals surface area contributed by atoms with E-state index in [9.17, 15) is 9.59 Å². The lowest BCUT2D eigenvalue weighted by Crippen LogP contribution is -2.42. The van der Waals surface area contributed by atoms with Crippen molar-refractivity contribution in [2.75, 3.05) is 18.1 Å². The van der Waals surface area contributed by atoms with Crippen molar-refractivity contribution in [1.82, 2.24) is 4.98 Å². The number of anilines is 1. The lowest BCUT2D eigenvalue weighted by atomic mass is 10.1. The second kappa shape index (κ2) is 7.86. The zero-order valence-electron chi connectivity index (χ0n) is 15.2. The van der Waals surface area contributed by atoms with Gasteiger partial charge in [0, 0.05) is 10.9 Å². The molecule has 0 aliphatic carbocycles. The van der Waals surface area contributed by atoms with Gasteiger partial charge < -0.3 is 9.47 Å². The molecule has 1 aliphatic rings. The fourth-order valence-electron chi connectivity index (χ4n) is 2.74. The Bertz CT molecular complexity index is 816. The monoisotopic (exact) mass is 374 g/mol. The fraction of sp³-hybridized carbons (Fsp3) is 0.421. The summed E-state index contributed by atoms with van der Waals surface area (Å²) in [6.45, 7) is 5.47. The smallest absolute Gasteiger partial charge is 0.326 e. The molecule has 0 saturated heterocycles. The highest BCUT2D eigenvalue weighted by Gasteiger charge is 2.28. The van der Waals surface area contributed by atoms with Crippen molar-refractivity contribution in [2.24, 2.45) is 0 Å². The molecule has 0 radical (unpaired) electrons. The number of hydrogen-bond acceptors (Lipinski definition) is 6. The molecule has 0 bridgehead atoms. The van der Waals surface area contributed by atoms with Gasteiger partial charge in [-0.25, -0.2) is 4.98 Å². The predicted molar refractivity (Wildman–Crippen MR) is 101 cm³/mol. The summed E-state index contributed by atoms with van der Waals surface area (Å²) in [5, 5.41) is 3.10. The number of ether oxygens (including phenoxy) is 2. The SMILES string of the molecule is CCCc1nc(-c2ccc3c(c2)N(CC(=O)OC(C)C)C(=O)CO3)cs1. The number of rotatable bonds is 6. The molecule has 0 spiro atoms. The van der Waals surface area contributed by atoms with E-state index in [1.807, 2.05) is 23.6 Å². The third kappa shape index (κ3) is 4.04. The maximum atomic E-state index is 12.3. The van der Waals surface area contributed by atoms with Gasteiger partial charge >= 0.3 is 5.97 Å². The largest absolute Gasteiger partial charge is 0.482 e. The Morgan fingerprint density at radius 3 is 2.96 bits per heavy atom. The molecular formula is C19H22N2O4S. The Morgan fingerprint density at radius 1 is 1.42 bits per heavy atom. The lowest BCUT2D eigenvalue weighted by Gasteiger charge is -2.29. The van der Waals surface area contributed by atoms with Crippen LogP contribution in [-0.2, 0) is 20.7 Å². The van der Waals surface area contributed by atoms with Gasteiger partial charge in [-0.1, -0.05) is 6.92 Å². The number of amides is 1. The third-order valence-corrected chi connectivity index (χ3v) is 4.78. The summed E-state index contributed by atoms with van der Waals surface area (Å²) in [5.74, 6) is -0.125. The molecule has 0 N–H and O–H groups in total. The maximum absolute atomic E-state index is 12.3. The summed E-state index contributed by atoms with van der Waals surface area (Å²) in [6, 6.07) is 5.58. The van der Waals surface area contributed by atoms with E-state index in [0.717, 1.165) is 29.1 Å². The van der Waals surface area contributed by atoms with Gasteiger partial charge in [-0.05, 0) is 44.9 Å². The van der Waals surface area contributed by atoms with Crippen molar-refractivity contribution in [3.05, 3.63) is 28.6 Å². The average Bonchev–Trinajstić information content (AvgIpc) is 3.05. The summed E-state index contributed by atoms with van der Waals surface area (Å²) in [6.07, 6.45) is 1.77. The van der Waals surface area contributed by atoms with Crippen LogP contribution in [0.25, 0.3) is 11.3 Å². The van der Waals surface area contributed by atoms with E-state index in [1.165, 1.54) is 4.90 Å². The van der Waals surface area contributed by atoms with Gasteiger partial charge in [0.1, 0.15) is 12.3 Å². The minimum Gasteiger partial charge on any atom is -0.482 e. The van der Waals surface area contributed by atoms with Crippen LogP contribution in [0.15, 0.2) is 23.6 Å². The summed E-state index contributed by atoms with van der Waals surface area (Å²) in [7, 11) is 0. The van der Waals surface area contributed by atoms with E-state index in [2.05, 4.69) is 11.9 Å². The first-order valence-electron chi connectivity index (χ1n) is 8.69. The minimum atomic E-state index is -0.439. The second-order valence-electron chi connectivity index (χ2n) is 6.37.